The smallest absolute Gasteiger partial charge is 0.220 e. The molecule has 132 valence electrons. The van der Waals surface area contributed by atoms with Crippen molar-refractivity contribution in [2.75, 3.05) is 26.2 Å². The number of amides is 1. The van der Waals surface area contributed by atoms with Gasteiger partial charge in [0.1, 0.15) is 0 Å². The molecule has 2 rings (SSSR count). The average Bonchev–Trinajstić information content (AvgIpc) is 2.77. The molecule has 1 amide bonds. The first-order valence-corrected chi connectivity index (χ1v) is 8.46. The lowest BCUT2D eigenvalue weighted by atomic mass is 9.89. The van der Waals surface area contributed by atoms with Crippen LogP contribution in [-0.4, -0.2) is 49.1 Å². The van der Waals surface area contributed by atoms with Gasteiger partial charge in [0.25, 0.3) is 0 Å². The molecule has 2 atom stereocenters. The molecule has 2 bridgehead atoms. The van der Waals surface area contributed by atoms with E-state index in [0.717, 1.165) is 32.6 Å². The summed E-state index contributed by atoms with van der Waals surface area (Å²) < 4.78 is 0. The highest BCUT2D eigenvalue weighted by molar-refractivity contribution is 5.85. The van der Waals surface area contributed by atoms with Gasteiger partial charge >= 0.3 is 0 Å². The lowest BCUT2D eigenvalue weighted by molar-refractivity contribution is -0.122. The van der Waals surface area contributed by atoms with Crippen LogP contribution in [0.4, 0.5) is 0 Å². The van der Waals surface area contributed by atoms with E-state index in [4.69, 9.17) is 0 Å². The Balaban J connectivity index is 0.00000220. The Labute approximate surface area is 148 Å². The summed E-state index contributed by atoms with van der Waals surface area (Å²) in [5.74, 6) is 0.857. The molecule has 22 heavy (non-hydrogen) atoms. The molecule has 0 radical (unpaired) electrons. The number of rotatable bonds is 8. The van der Waals surface area contributed by atoms with Gasteiger partial charge in [-0.05, 0) is 51.1 Å². The topological polar surface area (TPSA) is 44.4 Å². The second-order valence-electron chi connectivity index (χ2n) is 6.46. The molecular weight excluding hydrogens is 321 g/mol. The third-order valence-corrected chi connectivity index (χ3v) is 4.78. The largest absolute Gasteiger partial charge is 0.355 e. The molecule has 4 nitrogen and oxygen atoms in total. The van der Waals surface area contributed by atoms with E-state index in [1.165, 1.54) is 32.1 Å². The van der Waals surface area contributed by atoms with Gasteiger partial charge in [-0.2, -0.15) is 0 Å². The molecule has 0 spiro atoms. The van der Waals surface area contributed by atoms with Crippen LogP contribution in [0, 0.1) is 5.92 Å². The predicted molar refractivity (Wildman–Crippen MR) is 97.2 cm³/mol. The van der Waals surface area contributed by atoms with Crippen molar-refractivity contribution in [3.63, 3.8) is 0 Å². The third kappa shape index (κ3) is 7.03. The molecule has 0 aliphatic carbocycles. The fourth-order valence-electron chi connectivity index (χ4n) is 3.77. The van der Waals surface area contributed by atoms with Gasteiger partial charge < -0.3 is 15.5 Å². The van der Waals surface area contributed by atoms with E-state index in [1.54, 1.807) is 0 Å². The fourth-order valence-corrected chi connectivity index (χ4v) is 3.77. The first kappa shape index (κ1) is 22.0. The number of piperidine rings is 1. The van der Waals surface area contributed by atoms with Crippen LogP contribution in [0.5, 0.6) is 0 Å². The highest BCUT2D eigenvalue weighted by Gasteiger charge is 2.34. The lowest BCUT2D eigenvalue weighted by Crippen LogP contribution is -2.40. The number of fused-ring (bicyclic) bond motifs is 2. The van der Waals surface area contributed by atoms with Crippen LogP contribution in [-0.2, 0) is 4.79 Å². The summed E-state index contributed by atoms with van der Waals surface area (Å²) in [6.45, 7) is 8.36. The van der Waals surface area contributed by atoms with Crippen molar-refractivity contribution in [2.45, 2.75) is 64.5 Å². The number of likely N-dealkylation sites (N-methyl/N-ethyl adjacent to an activating group) is 1. The van der Waals surface area contributed by atoms with E-state index < -0.39 is 0 Å². The first-order valence-electron chi connectivity index (χ1n) is 8.46. The highest BCUT2D eigenvalue weighted by atomic mass is 35.5. The summed E-state index contributed by atoms with van der Waals surface area (Å²) in [6.07, 6.45) is 6.92. The number of nitrogens with one attached hydrogen (secondary N) is 2. The second-order valence-corrected chi connectivity index (χ2v) is 6.46. The Bertz CT molecular complexity index is 306. The van der Waals surface area contributed by atoms with E-state index >= 15 is 0 Å². The predicted octanol–water partition coefficient (Wildman–Crippen LogP) is 2.60. The maximum atomic E-state index is 12.0. The molecule has 2 heterocycles. The molecule has 2 unspecified atom stereocenters. The Morgan fingerprint density at radius 1 is 1.14 bits per heavy atom. The molecule has 2 saturated heterocycles. The van der Waals surface area contributed by atoms with Crippen molar-refractivity contribution in [3.8, 4) is 0 Å². The van der Waals surface area contributed by atoms with Gasteiger partial charge in [0.2, 0.25) is 5.91 Å². The van der Waals surface area contributed by atoms with Gasteiger partial charge in [0, 0.05) is 31.6 Å². The molecule has 2 aliphatic rings. The lowest BCUT2D eigenvalue weighted by Gasteiger charge is -2.28. The first-order chi connectivity index (χ1) is 9.71. The summed E-state index contributed by atoms with van der Waals surface area (Å²) in [6, 6.07) is 1.37. The van der Waals surface area contributed by atoms with Crippen molar-refractivity contribution >= 4 is 30.7 Å². The van der Waals surface area contributed by atoms with Crippen molar-refractivity contribution < 1.29 is 4.79 Å². The van der Waals surface area contributed by atoms with Crippen molar-refractivity contribution in [1.82, 2.24) is 15.5 Å². The third-order valence-electron chi connectivity index (χ3n) is 4.78. The summed E-state index contributed by atoms with van der Waals surface area (Å²) in [5, 5.41) is 6.74. The van der Waals surface area contributed by atoms with Crippen LogP contribution in [0.15, 0.2) is 0 Å². The zero-order chi connectivity index (χ0) is 14.4. The zero-order valence-electron chi connectivity index (χ0n) is 14.0. The zero-order valence-corrected chi connectivity index (χ0v) is 15.6. The number of carbonyl (C=O) groups is 1. The summed E-state index contributed by atoms with van der Waals surface area (Å²) in [4.78, 5) is 14.4. The van der Waals surface area contributed by atoms with Crippen LogP contribution < -0.4 is 10.6 Å². The molecule has 2 aliphatic heterocycles. The monoisotopic (exact) mass is 353 g/mol. The van der Waals surface area contributed by atoms with Crippen LogP contribution in [0.3, 0.4) is 0 Å². The van der Waals surface area contributed by atoms with E-state index in [9.17, 15) is 4.79 Å². The minimum Gasteiger partial charge on any atom is -0.355 e. The SMILES string of the molecule is CCCN(CC)CCNC(=O)CC1CC2CCC(C1)N2.Cl.Cl. The summed E-state index contributed by atoms with van der Waals surface area (Å²) in [5.41, 5.74) is 0. The maximum Gasteiger partial charge on any atom is 0.220 e. The van der Waals surface area contributed by atoms with Gasteiger partial charge in [0.15, 0.2) is 0 Å². The number of hydrogen-bond donors (Lipinski definition) is 2. The van der Waals surface area contributed by atoms with E-state index in [-0.39, 0.29) is 30.7 Å². The van der Waals surface area contributed by atoms with Crippen LogP contribution in [0.1, 0.15) is 52.4 Å². The Kier molecular flexibility index (Phi) is 11.5. The fraction of sp³-hybridized carbons (Fsp3) is 0.938. The molecule has 0 saturated carbocycles. The van der Waals surface area contributed by atoms with Crippen LogP contribution in [0.2, 0.25) is 0 Å². The molecular formula is C16H33Cl2N3O. The Morgan fingerprint density at radius 2 is 1.77 bits per heavy atom. The maximum absolute atomic E-state index is 12.0. The Hall–Kier alpha value is -0.0300. The molecule has 0 aromatic rings. The minimum atomic E-state index is 0. The number of hydrogen-bond acceptors (Lipinski definition) is 3. The standard InChI is InChI=1S/C16H31N3O.2ClH/c1-3-8-19(4-2)9-7-17-16(20)12-13-10-14-5-6-15(11-13)18-14;;/h13-15,18H,3-12H2,1-2H3,(H,17,20);2*1H. The van der Waals surface area contributed by atoms with Gasteiger partial charge in [-0.25, -0.2) is 0 Å². The summed E-state index contributed by atoms with van der Waals surface area (Å²) in [7, 11) is 0. The van der Waals surface area contributed by atoms with Crippen molar-refractivity contribution in [1.29, 1.82) is 0 Å². The molecule has 2 fully saturated rings. The average molecular weight is 354 g/mol. The van der Waals surface area contributed by atoms with E-state index in [0.29, 0.717) is 18.0 Å². The molecule has 6 heteroatoms. The van der Waals surface area contributed by atoms with Crippen molar-refractivity contribution in [2.24, 2.45) is 5.92 Å². The van der Waals surface area contributed by atoms with Gasteiger partial charge in [-0.3, -0.25) is 4.79 Å². The van der Waals surface area contributed by atoms with E-state index in [2.05, 4.69) is 29.4 Å². The number of nitrogens with zero attached hydrogens (tertiary/aromatic N) is 1. The van der Waals surface area contributed by atoms with Crippen molar-refractivity contribution in [3.05, 3.63) is 0 Å². The molecule has 0 aromatic heterocycles. The van der Waals surface area contributed by atoms with Crippen LogP contribution in [0.25, 0.3) is 0 Å². The molecule has 0 aromatic carbocycles. The van der Waals surface area contributed by atoms with E-state index in [1.807, 2.05) is 0 Å². The van der Waals surface area contributed by atoms with Gasteiger partial charge in [-0.1, -0.05) is 13.8 Å². The highest BCUT2D eigenvalue weighted by Crippen LogP contribution is 2.32. The van der Waals surface area contributed by atoms with Crippen LogP contribution >= 0.6 is 24.8 Å². The quantitative estimate of drug-likeness (QED) is 0.704. The number of carbonyl (C=O) groups excluding carboxylic acids is 1. The Morgan fingerprint density at radius 3 is 2.32 bits per heavy atom. The molecule has 2 N–H and O–H groups in total. The van der Waals surface area contributed by atoms with Gasteiger partial charge in [0.05, 0.1) is 0 Å². The normalized spacial score (nSPS) is 26.2. The minimum absolute atomic E-state index is 0. The summed E-state index contributed by atoms with van der Waals surface area (Å²) >= 11 is 0. The second kappa shape index (κ2) is 11.5. The number of halogens is 2. The van der Waals surface area contributed by atoms with Gasteiger partial charge in [-0.15, -0.1) is 24.8 Å².